The number of hydrogen-bond donors (Lipinski definition) is 1. The van der Waals surface area contributed by atoms with Crippen LogP contribution >= 0.6 is 0 Å². The summed E-state index contributed by atoms with van der Waals surface area (Å²) in [4.78, 5) is 17.2. The van der Waals surface area contributed by atoms with Crippen LogP contribution in [0.2, 0.25) is 0 Å². The topological polar surface area (TPSA) is 66.6 Å². The smallest absolute Gasteiger partial charge is 0.335 e. The van der Waals surface area contributed by atoms with E-state index in [1.54, 1.807) is 19.1 Å². The van der Waals surface area contributed by atoms with Crippen molar-refractivity contribution in [3.8, 4) is 0 Å². The summed E-state index contributed by atoms with van der Waals surface area (Å²) < 4.78 is 5.50. The van der Waals surface area contributed by atoms with Crippen molar-refractivity contribution >= 4 is 11.8 Å². The lowest BCUT2D eigenvalue weighted by Gasteiger charge is -2.17. The zero-order chi connectivity index (χ0) is 14.0. The van der Waals surface area contributed by atoms with Crippen LogP contribution in [0.3, 0.4) is 0 Å². The van der Waals surface area contributed by atoms with Crippen molar-refractivity contribution in [1.29, 1.82) is 0 Å². The van der Waals surface area contributed by atoms with Crippen LogP contribution in [0, 0.1) is 13.8 Å². The molecule has 0 aliphatic heterocycles. The average Bonchev–Trinajstić information content (AvgIpc) is 2.73. The van der Waals surface area contributed by atoms with E-state index < -0.39 is 5.97 Å². The Morgan fingerprint density at radius 2 is 2.11 bits per heavy atom. The molecule has 2 aromatic rings. The second-order valence-electron chi connectivity index (χ2n) is 4.53. The molecule has 0 unspecified atom stereocenters. The Hall–Kier alpha value is -2.30. The van der Waals surface area contributed by atoms with Crippen LogP contribution in [0.25, 0.3) is 0 Å². The van der Waals surface area contributed by atoms with E-state index in [2.05, 4.69) is 4.98 Å². The number of furan rings is 1. The summed E-state index contributed by atoms with van der Waals surface area (Å²) in [5.74, 6) is 1.34. The molecule has 2 rings (SSSR count). The quantitative estimate of drug-likeness (QED) is 0.915. The minimum absolute atomic E-state index is 0.241. The molecule has 0 amide bonds. The van der Waals surface area contributed by atoms with Crippen LogP contribution < -0.4 is 4.90 Å². The first kappa shape index (κ1) is 13.1. The number of aromatic nitrogens is 1. The van der Waals surface area contributed by atoms with Gasteiger partial charge in [-0.1, -0.05) is 0 Å². The van der Waals surface area contributed by atoms with E-state index in [-0.39, 0.29) is 5.56 Å². The SMILES string of the molecule is Cc1cc(C(=O)O)cc(N(C)Cc2ccc(C)o2)n1. The molecule has 0 saturated heterocycles. The normalized spacial score (nSPS) is 10.5. The van der Waals surface area contributed by atoms with E-state index in [9.17, 15) is 4.79 Å². The van der Waals surface area contributed by atoms with Gasteiger partial charge in [-0.25, -0.2) is 9.78 Å². The molecule has 2 aromatic heterocycles. The average molecular weight is 260 g/mol. The van der Waals surface area contributed by atoms with Gasteiger partial charge in [0.15, 0.2) is 0 Å². The number of pyridine rings is 1. The molecule has 0 aliphatic rings. The van der Waals surface area contributed by atoms with Crippen molar-refractivity contribution in [2.75, 3.05) is 11.9 Å². The monoisotopic (exact) mass is 260 g/mol. The van der Waals surface area contributed by atoms with Crippen molar-refractivity contribution in [2.24, 2.45) is 0 Å². The number of aromatic carboxylic acids is 1. The summed E-state index contributed by atoms with van der Waals surface area (Å²) in [6.45, 7) is 4.21. The number of carboxylic acid groups (broad SMARTS) is 1. The van der Waals surface area contributed by atoms with Crippen LogP contribution in [0.4, 0.5) is 5.82 Å². The van der Waals surface area contributed by atoms with Crippen molar-refractivity contribution in [1.82, 2.24) is 4.98 Å². The molecule has 5 heteroatoms. The number of hydrogen-bond acceptors (Lipinski definition) is 4. The zero-order valence-electron chi connectivity index (χ0n) is 11.2. The van der Waals surface area contributed by atoms with Crippen LogP contribution in [-0.4, -0.2) is 23.1 Å². The molecular weight excluding hydrogens is 244 g/mol. The Kier molecular flexibility index (Phi) is 3.55. The van der Waals surface area contributed by atoms with Crippen molar-refractivity contribution in [2.45, 2.75) is 20.4 Å². The highest BCUT2D eigenvalue weighted by Gasteiger charge is 2.11. The Morgan fingerprint density at radius 1 is 1.37 bits per heavy atom. The molecule has 5 nitrogen and oxygen atoms in total. The third kappa shape index (κ3) is 3.13. The maximum absolute atomic E-state index is 11.0. The summed E-state index contributed by atoms with van der Waals surface area (Å²) >= 11 is 0. The summed E-state index contributed by atoms with van der Waals surface area (Å²) in [5, 5.41) is 9.04. The van der Waals surface area contributed by atoms with E-state index >= 15 is 0 Å². The number of rotatable bonds is 4. The van der Waals surface area contributed by atoms with Crippen molar-refractivity contribution in [3.05, 3.63) is 47.0 Å². The lowest BCUT2D eigenvalue weighted by Crippen LogP contribution is -2.18. The lowest BCUT2D eigenvalue weighted by molar-refractivity contribution is 0.0696. The molecule has 0 aromatic carbocycles. The Morgan fingerprint density at radius 3 is 2.68 bits per heavy atom. The van der Waals surface area contributed by atoms with E-state index in [0.717, 1.165) is 11.5 Å². The predicted molar refractivity (Wildman–Crippen MR) is 71.5 cm³/mol. The first-order valence-corrected chi connectivity index (χ1v) is 5.94. The molecule has 0 spiro atoms. The van der Waals surface area contributed by atoms with Gasteiger partial charge in [0, 0.05) is 12.7 Å². The maximum atomic E-state index is 11.0. The Labute approximate surface area is 111 Å². The fourth-order valence-corrected chi connectivity index (χ4v) is 1.85. The predicted octanol–water partition coefficient (Wildman–Crippen LogP) is 2.63. The van der Waals surface area contributed by atoms with Crippen LogP contribution in [0.5, 0.6) is 0 Å². The first-order valence-electron chi connectivity index (χ1n) is 5.94. The van der Waals surface area contributed by atoms with Crippen LogP contribution in [-0.2, 0) is 6.54 Å². The third-order valence-electron chi connectivity index (χ3n) is 2.77. The summed E-state index contributed by atoms with van der Waals surface area (Å²) in [6, 6.07) is 6.91. The zero-order valence-corrected chi connectivity index (χ0v) is 11.2. The molecule has 0 saturated carbocycles. The van der Waals surface area contributed by atoms with Gasteiger partial charge in [0.25, 0.3) is 0 Å². The van der Waals surface area contributed by atoms with E-state index in [4.69, 9.17) is 9.52 Å². The maximum Gasteiger partial charge on any atom is 0.335 e. The van der Waals surface area contributed by atoms with Crippen LogP contribution in [0.1, 0.15) is 27.6 Å². The largest absolute Gasteiger partial charge is 0.478 e. The number of carbonyl (C=O) groups is 1. The molecule has 19 heavy (non-hydrogen) atoms. The molecule has 0 fully saturated rings. The second-order valence-corrected chi connectivity index (χ2v) is 4.53. The van der Waals surface area contributed by atoms with Gasteiger partial charge in [-0.15, -0.1) is 0 Å². The van der Waals surface area contributed by atoms with Crippen LogP contribution in [0.15, 0.2) is 28.7 Å². The summed E-state index contributed by atoms with van der Waals surface area (Å²) in [7, 11) is 1.85. The number of anilines is 1. The molecule has 2 heterocycles. The molecular formula is C14H16N2O3. The van der Waals surface area contributed by atoms with Gasteiger partial charge in [-0.05, 0) is 38.1 Å². The summed E-state index contributed by atoms with van der Waals surface area (Å²) in [5.41, 5.74) is 0.919. The van der Waals surface area contributed by atoms with E-state index in [1.165, 1.54) is 0 Å². The molecule has 100 valence electrons. The first-order chi connectivity index (χ1) is 8.95. The van der Waals surface area contributed by atoms with Gasteiger partial charge in [0.2, 0.25) is 0 Å². The van der Waals surface area contributed by atoms with Gasteiger partial charge in [0.05, 0.1) is 12.1 Å². The van der Waals surface area contributed by atoms with E-state index in [0.29, 0.717) is 18.1 Å². The minimum Gasteiger partial charge on any atom is -0.478 e. The number of nitrogens with zero attached hydrogens (tertiary/aromatic N) is 2. The van der Waals surface area contributed by atoms with Crippen molar-refractivity contribution in [3.63, 3.8) is 0 Å². The van der Waals surface area contributed by atoms with Gasteiger partial charge < -0.3 is 14.4 Å². The molecule has 0 aliphatic carbocycles. The van der Waals surface area contributed by atoms with Crippen molar-refractivity contribution < 1.29 is 14.3 Å². The highest BCUT2D eigenvalue weighted by Crippen LogP contribution is 2.17. The van der Waals surface area contributed by atoms with E-state index in [1.807, 2.05) is 31.0 Å². The number of carboxylic acids is 1. The highest BCUT2D eigenvalue weighted by atomic mass is 16.4. The molecule has 1 N–H and O–H groups in total. The standard InChI is InChI=1S/C14H16N2O3/c1-9-6-11(14(17)18)7-13(15-9)16(3)8-12-5-4-10(2)19-12/h4-7H,8H2,1-3H3,(H,17,18). The second kappa shape index (κ2) is 5.14. The van der Waals surface area contributed by atoms with Gasteiger partial charge in [-0.3, -0.25) is 0 Å². The Bertz CT molecular complexity index is 604. The lowest BCUT2D eigenvalue weighted by atomic mass is 10.2. The van der Waals surface area contributed by atoms with Gasteiger partial charge >= 0.3 is 5.97 Å². The Balaban J connectivity index is 2.23. The van der Waals surface area contributed by atoms with Gasteiger partial charge in [-0.2, -0.15) is 0 Å². The molecule has 0 bridgehead atoms. The number of aryl methyl sites for hydroxylation is 2. The third-order valence-corrected chi connectivity index (χ3v) is 2.77. The fourth-order valence-electron chi connectivity index (χ4n) is 1.85. The van der Waals surface area contributed by atoms with Gasteiger partial charge in [0.1, 0.15) is 17.3 Å². The highest BCUT2D eigenvalue weighted by molar-refractivity contribution is 5.88. The molecule has 0 radical (unpaired) electrons. The molecule has 0 atom stereocenters. The fraction of sp³-hybridized carbons (Fsp3) is 0.286. The minimum atomic E-state index is -0.950. The summed E-state index contributed by atoms with van der Waals surface area (Å²) in [6.07, 6.45) is 0.